The average Bonchev–Trinajstić information content (AvgIpc) is 2.76. The molecule has 0 atom stereocenters. The molecule has 0 amide bonds. The molecule has 3 aromatic rings. The normalized spacial score (nSPS) is 15.3. The first-order chi connectivity index (χ1) is 14.2. The van der Waals surface area contributed by atoms with E-state index in [0.29, 0.717) is 11.5 Å². The van der Waals surface area contributed by atoms with Gasteiger partial charge in [-0.3, -0.25) is 4.90 Å². The van der Waals surface area contributed by atoms with Gasteiger partial charge in [0.2, 0.25) is 0 Å². The predicted octanol–water partition coefficient (Wildman–Crippen LogP) is 4.30. The smallest absolute Gasteiger partial charge is 0.336 e. The lowest BCUT2D eigenvalue weighted by Gasteiger charge is -2.31. The Morgan fingerprint density at radius 2 is 1.76 bits per heavy atom. The van der Waals surface area contributed by atoms with Gasteiger partial charge < -0.3 is 5.11 Å². The van der Waals surface area contributed by atoms with Gasteiger partial charge in [-0.15, -0.1) is 0 Å². The topological polar surface area (TPSA) is 66.3 Å². The van der Waals surface area contributed by atoms with Gasteiger partial charge >= 0.3 is 5.97 Å². The zero-order chi connectivity index (χ0) is 20.1. The van der Waals surface area contributed by atoms with Crippen molar-refractivity contribution in [3.05, 3.63) is 83.7 Å². The summed E-state index contributed by atoms with van der Waals surface area (Å²) in [5.41, 5.74) is 4.38. The molecule has 0 unspecified atom stereocenters. The number of likely N-dealkylation sites (tertiary alicyclic amines) is 1. The van der Waals surface area contributed by atoms with Crippen LogP contribution in [-0.4, -0.2) is 39.3 Å². The van der Waals surface area contributed by atoms with E-state index in [1.54, 1.807) is 18.3 Å². The molecule has 5 heteroatoms. The fourth-order valence-corrected chi connectivity index (χ4v) is 4.06. The Morgan fingerprint density at radius 3 is 2.45 bits per heavy atom. The van der Waals surface area contributed by atoms with Crippen LogP contribution in [0.25, 0.3) is 11.1 Å². The first-order valence-corrected chi connectivity index (χ1v) is 10.1. The molecule has 0 radical (unpaired) electrons. The number of aromatic carboxylic acids is 1. The third kappa shape index (κ3) is 4.87. The first-order valence-electron chi connectivity index (χ1n) is 10.1. The molecular formula is C24H25N3O2. The lowest BCUT2D eigenvalue weighted by atomic mass is 9.92. The minimum absolute atomic E-state index is 0.338. The Morgan fingerprint density at radius 1 is 1.00 bits per heavy atom. The van der Waals surface area contributed by atoms with E-state index in [-0.39, 0.29) is 0 Å². The summed E-state index contributed by atoms with van der Waals surface area (Å²) in [4.78, 5) is 13.9. The van der Waals surface area contributed by atoms with E-state index in [0.717, 1.165) is 42.9 Å². The molecule has 1 saturated heterocycles. The molecule has 2 aromatic carbocycles. The first kappa shape index (κ1) is 19.3. The van der Waals surface area contributed by atoms with Crippen LogP contribution in [0.1, 0.15) is 34.5 Å². The van der Waals surface area contributed by atoms with Crippen LogP contribution in [0, 0.1) is 5.92 Å². The molecule has 1 fully saturated rings. The minimum Gasteiger partial charge on any atom is -0.478 e. The van der Waals surface area contributed by atoms with Crippen molar-refractivity contribution >= 4 is 5.97 Å². The molecular weight excluding hydrogens is 362 g/mol. The van der Waals surface area contributed by atoms with Crippen molar-refractivity contribution < 1.29 is 9.90 Å². The molecule has 1 N–H and O–H groups in total. The van der Waals surface area contributed by atoms with E-state index in [9.17, 15) is 9.90 Å². The zero-order valence-electron chi connectivity index (χ0n) is 16.4. The summed E-state index contributed by atoms with van der Waals surface area (Å²) < 4.78 is 0. The number of hydrogen-bond acceptors (Lipinski definition) is 4. The lowest BCUT2D eigenvalue weighted by Crippen LogP contribution is -2.33. The fourth-order valence-electron chi connectivity index (χ4n) is 4.06. The number of nitrogens with zero attached hydrogens (tertiary/aromatic N) is 3. The van der Waals surface area contributed by atoms with Gasteiger partial charge in [-0.2, -0.15) is 10.2 Å². The van der Waals surface area contributed by atoms with Gasteiger partial charge in [0.1, 0.15) is 0 Å². The van der Waals surface area contributed by atoms with E-state index >= 15 is 0 Å². The highest BCUT2D eigenvalue weighted by atomic mass is 16.4. The number of hydrogen-bond donors (Lipinski definition) is 1. The SMILES string of the molecule is O=C(O)c1ccccc1-c1ccc(CN2CCC(Cc3cccnn3)CC2)cc1. The van der Waals surface area contributed by atoms with Crippen LogP contribution in [-0.2, 0) is 13.0 Å². The number of carbonyl (C=O) groups is 1. The second-order valence-electron chi connectivity index (χ2n) is 7.69. The highest BCUT2D eigenvalue weighted by Gasteiger charge is 2.20. The Hall–Kier alpha value is -3.05. The molecule has 0 saturated carbocycles. The molecule has 1 aliphatic rings. The standard InChI is InChI=1S/C24H25N3O2/c28-24(29)23-6-2-1-5-22(23)20-9-7-19(8-10-20)17-27-14-11-18(12-15-27)16-21-4-3-13-25-26-21/h1-10,13,18H,11-12,14-17H2,(H,28,29). The Balaban J connectivity index is 1.34. The van der Waals surface area contributed by atoms with E-state index < -0.39 is 5.97 Å². The third-order valence-electron chi connectivity index (χ3n) is 5.66. The molecule has 0 aliphatic carbocycles. The number of rotatable bonds is 6. The van der Waals surface area contributed by atoms with Gasteiger partial charge in [-0.1, -0.05) is 42.5 Å². The molecule has 0 spiro atoms. The van der Waals surface area contributed by atoms with Crippen LogP contribution in [0.5, 0.6) is 0 Å². The van der Waals surface area contributed by atoms with Gasteiger partial charge in [0, 0.05) is 12.7 Å². The number of carboxylic acid groups (broad SMARTS) is 1. The predicted molar refractivity (Wildman–Crippen MR) is 113 cm³/mol. The second kappa shape index (κ2) is 8.97. The van der Waals surface area contributed by atoms with Crippen molar-refractivity contribution in [1.82, 2.24) is 15.1 Å². The highest BCUT2D eigenvalue weighted by Crippen LogP contribution is 2.26. The number of carboxylic acids is 1. The van der Waals surface area contributed by atoms with Crippen LogP contribution < -0.4 is 0 Å². The summed E-state index contributed by atoms with van der Waals surface area (Å²) in [6.45, 7) is 3.11. The molecule has 0 bridgehead atoms. The summed E-state index contributed by atoms with van der Waals surface area (Å²) in [7, 11) is 0. The summed E-state index contributed by atoms with van der Waals surface area (Å²) in [6, 6.07) is 19.4. The third-order valence-corrected chi connectivity index (χ3v) is 5.66. The summed E-state index contributed by atoms with van der Waals surface area (Å²) >= 11 is 0. The van der Waals surface area contributed by atoms with E-state index in [1.807, 2.05) is 30.3 Å². The molecule has 1 aromatic heterocycles. The van der Waals surface area contributed by atoms with Crippen LogP contribution in [0.15, 0.2) is 66.9 Å². The van der Waals surface area contributed by atoms with Gasteiger partial charge in [0.25, 0.3) is 0 Å². The molecule has 1 aliphatic heterocycles. The molecule has 29 heavy (non-hydrogen) atoms. The van der Waals surface area contributed by atoms with Crippen molar-refractivity contribution in [3.8, 4) is 11.1 Å². The summed E-state index contributed by atoms with van der Waals surface area (Å²) in [6.07, 6.45) is 5.10. The quantitative estimate of drug-likeness (QED) is 0.683. The van der Waals surface area contributed by atoms with Crippen molar-refractivity contribution in [1.29, 1.82) is 0 Å². The second-order valence-corrected chi connectivity index (χ2v) is 7.69. The fraction of sp³-hybridized carbons (Fsp3) is 0.292. The largest absolute Gasteiger partial charge is 0.478 e. The lowest BCUT2D eigenvalue weighted by molar-refractivity contribution is 0.0697. The van der Waals surface area contributed by atoms with Crippen molar-refractivity contribution in [2.45, 2.75) is 25.8 Å². The Bertz CT molecular complexity index is 949. The van der Waals surface area contributed by atoms with E-state index in [2.05, 4.69) is 33.3 Å². The van der Waals surface area contributed by atoms with Crippen molar-refractivity contribution in [3.63, 3.8) is 0 Å². The summed E-state index contributed by atoms with van der Waals surface area (Å²) in [5.74, 6) is -0.216. The van der Waals surface area contributed by atoms with Crippen LogP contribution in [0.4, 0.5) is 0 Å². The number of aromatic nitrogens is 2. The molecule has 148 valence electrons. The molecule has 2 heterocycles. The zero-order valence-corrected chi connectivity index (χ0v) is 16.4. The maximum absolute atomic E-state index is 11.5. The maximum Gasteiger partial charge on any atom is 0.336 e. The Kier molecular flexibility index (Phi) is 5.96. The maximum atomic E-state index is 11.5. The summed E-state index contributed by atoms with van der Waals surface area (Å²) in [5, 5.41) is 17.6. The van der Waals surface area contributed by atoms with E-state index in [4.69, 9.17) is 0 Å². The highest BCUT2D eigenvalue weighted by molar-refractivity contribution is 5.95. The Labute approximate surface area is 171 Å². The van der Waals surface area contributed by atoms with Crippen LogP contribution in [0.2, 0.25) is 0 Å². The van der Waals surface area contributed by atoms with Gasteiger partial charge in [-0.05, 0) is 73.2 Å². The molecule has 5 nitrogen and oxygen atoms in total. The van der Waals surface area contributed by atoms with Crippen molar-refractivity contribution in [2.75, 3.05) is 13.1 Å². The van der Waals surface area contributed by atoms with Crippen molar-refractivity contribution in [2.24, 2.45) is 5.92 Å². The minimum atomic E-state index is -0.894. The number of benzene rings is 2. The van der Waals surface area contributed by atoms with Crippen LogP contribution in [0.3, 0.4) is 0 Å². The van der Waals surface area contributed by atoms with Gasteiger partial charge in [0.15, 0.2) is 0 Å². The van der Waals surface area contributed by atoms with Crippen LogP contribution >= 0.6 is 0 Å². The molecule has 4 rings (SSSR count). The van der Waals surface area contributed by atoms with Gasteiger partial charge in [-0.25, -0.2) is 4.79 Å². The van der Waals surface area contributed by atoms with E-state index in [1.165, 1.54) is 18.4 Å². The number of piperidine rings is 1. The average molecular weight is 387 g/mol. The monoisotopic (exact) mass is 387 g/mol. The van der Waals surface area contributed by atoms with Gasteiger partial charge in [0.05, 0.1) is 11.3 Å².